The van der Waals surface area contributed by atoms with Crippen molar-refractivity contribution in [2.75, 3.05) is 32.8 Å². The van der Waals surface area contributed by atoms with Crippen molar-refractivity contribution < 1.29 is 14.4 Å². The zero-order chi connectivity index (χ0) is 18.9. The van der Waals surface area contributed by atoms with Crippen molar-refractivity contribution in [2.45, 2.75) is 38.1 Å². The minimum atomic E-state index is -0.0565. The van der Waals surface area contributed by atoms with Crippen LogP contribution in [0.2, 0.25) is 0 Å². The Kier molecular flexibility index (Phi) is 5.02. The first-order valence-corrected chi connectivity index (χ1v) is 9.91. The molecule has 0 unspecified atom stereocenters. The van der Waals surface area contributed by atoms with Gasteiger partial charge < -0.3 is 15.0 Å². The number of para-hydroxylation sites is 1. The molecule has 4 rings (SSSR count). The molecule has 0 atom stereocenters. The van der Waals surface area contributed by atoms with Crippen LogP contribution in [-0.2, 0) is 4.74 Å². The third-order valence-corrected chi connectivity index (χ3v) is 5.70. The van der Waals surface area contributed by atoms with E-state index in [-0.39, 0.29) is 11.4 Å². The molecule has 1 aromatic carbocycles. The van der Waals surface area contributed by atoms with Gasteiger partial charge in [0.05, 0.1) is 31.1 Å². The number of carbonyl (C=O) groups excluding carboxylic acids is 1. The van der Waals surface area contributed by atoms with Gasteiger partial charge in [-0.25, -0.2) is 4.68 Å². The normalized spacial score (nSPS) is 18.4. The van der Waals surface area contributed by atoms with Crippen LogP contribution in [0, 0.1) is 0 Å². The van der Waals surface area contributed by atoms with Crippen LogP contribution in [0.1, 0.15) is 48.8 Å². The predicted octanol–water partition coefficient (Wildman–Crippen LogP) is 1.17. The molecule has 27 heavy (non-hydrogen) atoms. The maximum absolute atomic E-state index is 13.0. The van der Waals surface area contributed by atoms with Gasteiger partial charge in [-0.2, -0.15) is 5.10 Å². The van der Waals surface area contributed by atoms with Crippen LogP contribution in [-0.4, -0.2) is 54.1 Å². The molecule has 1 saturated heterocycles. The number of aromatic nitrogens is 2. The largest absolute Gasteiger partial charge is 0.370 e. The first-order valence-electron chi connectivity index (χ1n) is 9.91. The molecule has 1 amide bonds. The highest BCUT2D eigenvalue weighted by molar-refractivity contribution is 5.93. The van der Waals surface area contributed by atoms with E-state index in [1.807, 2.05) is 36.4 Å². The fourth-order valence-electron chi connectivity index (χ4n) is 3.72. The van der Waals surface area contributed by atoms with Gasteiger partial charge in [-0.05, 0) is 44.9 Å². The molecule has 2 fully saturated rings. The number of nitrogens with zero attached hydrogens (tertiary/aromatic N) is 2. The van der Waals surface area contributed by atoms with E-state index < -0.39 is 0 Å². The number of morpholine rings is 1. The lowest BCUT2D eigenvalue weighted by molar-refractivity contribution is -0.954. The summed E-state index contributed by atoms with van der Waals surface area (Å²) in [5, 5.41) is 7.89. The zero-order valence-corrected chi connectivity index (χ0v) is 16.2. The second-order valence-electron chi connectivity index (χ2n) is 8.26. The zero-order valence-electron chi connectivity index (χ0n) is 16.2. The minimum absolute atomic E-state index is 0.0314. The molecule has 2 heterocycles. The van der Waals surface area contributed by atoms with E-state index in [0.29, 0.717) is 18.2 Å². The molecule has 144 valence electrons. The topological polar surface area (TPSA) is 60.6 Å². The summed E-state index contributed by atoms with van der Waals surface area (Å²) >= 11 is 0. The number of nitrogens with one attached hydrogen (secondary N) is 2. The van der Waals surface area contributed by atoms with Gasteiger partial charge in [0.2, 0.25) is 0 Å². The van der Waals surface area contributed by atoms with Gasteiger partial charge in [-0.1, -0.05) is 18.2 Å². The molecule has 1 aliphatic carbocycles. The summed E-state index contributed by atoms with van der Waals surface area (Å²) in [6.07, 6.45) is 2.33. The highest BCUT2D eigenvalue weighted by atomic mass is 16.5. The van der Waals surface area contributed by atoms with E-state index in [2.05, 4.69) is 19.2 Å². The second-order valence-corrected chi connectivity index (χ2v) is 8.26. The van der Waals surface area contributed by atoms with E-state index in [1.54, 1.807) is 4.68 Å². The molecule has 1 aromatic heterocycles. The van der Waals surface area contributed by atoms with Gasteiger partial charge in [-0.3, -0.25) is 4.79 Å². The molecule has 1 aliphatic heterocycles. The van der Waals surface area contributed by atoms with Crippen LogP contribution in [0.15, 0.2) is 36.4 Å². The molecular formula is C21H29N4O2+. The van der Waals surface area contributed by atoms with Crippen molar-refractivity contribution in [3.8, 4) is 5.69 Å². The van der Waals surface area contributed by atoms with E-state index >= 15 is 0 Å². The lowest BCUT2D eigenvalue weighted by Gasteiger charge is -2.37. The van der Waals surface area contributed by atoms with Crippen LogP contribution in [0.3, 0.4) is 0 Å². The Balaban J connectivity index is 1.51. The molecule has 1 saturated carbocycles. The molecule has 2 N–H and O–H groups in total. The van der Waals surface area contributed by atoms with Crippen LogP contribution in [0.5, 0.6) is 0 Å². The Morgan fingerprint density at radius 2 is 1.96 bits per heavy atom. The number of amides is 1. The second kappa shape index (κ2) is 7.44. The van der Waals surface area contributed by atoms with E-state index in [0.717, 1.165) is 37.7 Å². The number of hydrogen-bond acceptors (Lipinski definition) is 3. The van der Waals surface area contributed by atoms with E-state index in [4.69, 9.17) is 9.84 Å². The predicted molar refractivity (Wildman–Crippen MR) is 103 cm³/mol. The average Bonchev–Trinajstić information content (AvgIpc) is 3.46. The molecule has 0 spiro atoms. The molecular weight excluding hydrogens is 340 g/mol. The quantitative estimate of drug-likeness (QED) is 0.804. The number of hydrogen-bond donors (Lipinski definition) is 2. The lowest BCUT2D eigenvalue weighted by Crippen LogP contribution is -3.22. The minimum Gasteiger partial charge on any atom is -0.370 e. The molecule has 0 radical (unpaired) electrons. The van der Waals surface area contributed by atoms with E-state index in [9.17, 15) is 4.79 Å². The van der Waals surface area contributed by atoms with Gasteiger partial charge in [-0.15, -0.1) is 0 Å². The van der Waals surface area contributed by atoms with Crippen molar-refractivity contribution in [1.82, 2.24) is 15.1 Å². The Hall–Kier alpha value is -2.18. The maximum Gasteiger partial charge on any atom is 0.270 e. The standard InChI is InChI=1S/C21H28N4O2/c1-21(2,24-10-12-27-13-11-24)15-22-20(26)19-14-18(16-8-9-16)23-25(19)17-6-4-3-5-7-17/h3-7,14,16H,8-13,15H2,1-2H3,(H,22,26)/p+1. The van der Waals surface area contributed by atoms with Crippen molar-refractivity contribution in [3.05, 3.63) is 47.8 Å². The highest BCUT2D eigenvalue weighted by Crippen LogP contribution is 2.39. The maximum atomic E-state index is 13.0. The number of carbonyl (C=O) groups is 1. The fourth-order valence-corrected chi connectivity index (χ4v) is 3.72. The van der Waals surface area contributed by atoms with Crippen molar-refractivity contribution in [2.24, 2.45) is 0 Å². The van der Waals surface area contributed by atoms with Gasteiger partial charge in [0, 0.05) is 5.92 Å². The van der Waals surface area contributed by atoms with Crippen LogP contribution in [0.25, 0.3) is 5.69 Å². The Morgan fingerprint density at radius 3 is 2.63 bits per heavy atom. The first kappa shape index (κ1) is 18.2. The smallest absolute Gasteiger partial charge is 0.270 e. The monoisotopic (exact) mass is 369 g/mol. The fraction of sp³-hybridized carbons (Fsp3) is 0.524. The van der Waals surface area contributed by atoms with Crippen molar-refractivity contribution in [3.63, 3.8) is 0 Å². The first-order chi connectivity index (χ1) is 13.0. The lowest BCUT2D eigenvalue weighted by atomic mass is 10.0. The SMILES string of the molecule is CC(C)(CNC(=O)c1cc(C2CC2)nn1-c1ccccc1)[NH+]1CCOCC1. The molecule has 2 aliphatic rings. The Morgan fingerprint density at radius 1 is 1.26 bits per heavy atom. The van der Waals surface area contributed by atoms with Crippen LogP contribution < -0.4 is 10.2 Å². The number of ether oxygens (including phenoxy) is 1. The van der Waals surface area contributed by atoms with Crippen LogP contribution in [0.4, 0.5) is 0 Å². The summed E-state index contributed by atoms with van der Waals surface area (Å²) in [5.41, 5.74) is 2.54. The molecule has 6 heteroatoms. The summed E-state index contributed by atoms with van der Waals surface area (Å²) in [5.74, 6) is 0.453. The van der Waals surface area contributed by atoms with Gasteiger partial charge >= 0.3 is 0 Å². The summed E-state index contributed by atoms with van der Waals surface area (Å²) in [4.78, 5) is 14.5. The average molecular weight is 369 g/mol. The third kappa shape index (κ3) is 4.06. The van der Waals surface area contributed by atoms with E-state index in [1.165, 1.54) is 17.7 Å². The number of quaternary nitrogens is 1. The molecule has 0 bridgehead atoms. The Labute approximate surface area is 160 Å². The summed E-state index contributed by atoms with van der Waals surface area (Å²) in [6.45, 7) is 8.58. The van der Waals surface area contributed by atoms with Gasteiger partial charge in [0.15, 0.2) is 0 Å². The highest BCUT2D eigenvalue weighted by Gasteiger charge is 2.34. The Bertz CT molecular complexity index is 790. The summed E-state index contributed by atoms with van der Waals surface area (Å²) < 4.78 is 7.26. The van der Waals surface area contributed by atoms with Gasteiger partial charge in [0.1, 0.15) is 24.3 Å². The van der Waals surface area contributed by atoms with Crippen molar-refractivity contribution in [1.29, 1.82) is 0 Å². The van der Waals surface area contributed by atoms with Crippen LogP contribution >= 0.6 is 0 Å². The summed E-state index contributed by atoms with van der Waals surface area (Å²) in [7, 11) is 0. The molecule has 6 nitrogen and oxygen atoms in total. The number of rotatable bonds is 6. The molecule has 2 aromatic rings. The third-order valence-electron chi connectivity index (χ3n) is 5.70. The number of benzene rings is 1. The summed E-state index contributed by atoms with van der Waals surface area (Å²) in [6, 6.07) is 11.9. The van der Waals surface area contributed by atoms with Crippen molar-refractivity contribution >= 4 is 5.91 Å². The van der Waals surface area contributed by atoms with Gasteiger partial charge in [0.25, 0.3) is 5.91 Å².